The molecule has 0 spiro atoms. The Morgan fingerprint density at radius 2 is 2.04 bits per heavy atom. The lowest BCUT2D eigenvalue weighted by Crippen LogP contribution is -2.13. The third kappa shape index (κ3) is 3.96. The molecule has 0 amide bonds. The molecule has 7 heteroatoms. The largest absolute Gasteiger partial charge is 0.387 e. The first-order valence-corrected chi connectivity index (χ1v) is 9.19. The molecule has 1 unspecified atom stereocenters. The maximum atomic E-state index is 10.2. The van der Waals surface area contributed by atoms with Gasteiger partial charge in [0.05, 0.1) is 6.10 Å². The number of rotatable bonds is 6. The molecule has 0 saturated heterocycles. The summed E-state index contributed by atoms with van der Waals surface area (Å²) in [6, 6.07) is 17.6. The molecule has 1 aromatic heterocycles. The number of aromatic nitrogens is 2. The molecule has 0 aliphatic carbocycles. The number of fused-ring (bicyclic) bond motifs is 1. The van der Waals surface area contributed by atoms with E-state index in [2.05, 4.69) is 37.5 Å². The van der Waals surface area contributed by atoms with Crippen LogP contribution in [0.4, 0.5) is 17.5 Å². The van der Waals surface area contributed by atoms with E-state index in [1.165, 1.54) is 10.5 Å². The van der Waals surface area contributed by atoms with E-state index in [1.807, 2.05) is 36.4 Å². The fraction of sp³-hybridized carbons (Fsp3) is 0.158. The van der Waals surface area contributed by atoms with Crippen molar-refractivity contribution >= 4 is 29.4 Å². The van der Waals surface area contributed by atoms with Crippen LogP contribution in [-0.2, 0) is 6.54 Å². The van der Waals surface area contributed by atoms with Crippen molar-refractivity contribution in [1.82, 2.24) is 14.7 Å². The van der Waals surface area contributed by atoms with Crippen LogP contribution < -0.4 is 15.4 Å². The van der Waals surface area contributed by atoms with Crippen LogP contribution in [0.25, 0.3) is 0 Å². The Balaban J connectivity index is 1.40. The molecule has 0 bridgehead atoms. The van der Waals surface area contributed by atoms with Gasteiger partial charge in [-0.3, -0.25) is 4.72 Å². The van der Waals surface area contributed by atoms with Gasteiger partial charge in [0.25, 0.3) is 0 Å². The van der Waals surface area contributed by atoms with Gasteiger partial charge in [-0.15, -0.1) is 0 Å². The standard InChI is InChI=1S/C19H19N5OS/c25-16(13-4-2-1-3-5-13)12-21-18-8-9-20-19(24-18)23-15-7-6-14-11-22-26-17(14)10-15/h1-10,16,22,25H,11-12H2,(H2,20,21,23,24). The second kappa shape index (κ2) is 7.74. The first-order valence-electron chi connectivity index (χ1n) is 8.37. The number of hydrogen-bond acceptors (Lipinski definition) is 7. The summed E-state index contributed by atoms with van der Waals surface area (Å²) in [6.45, 7) is 1.27. The van der Waals surface area contributed by atoms with Crippen LogP contribution in [0.5, 0.6) is 0 Å². The van der Waals surface area contributed by atoms with Gasteiger partial charge in [-0.1, -0.05) is 36.4 Å². The third-order valence-corrected chi connectivity index (χ3v) is 4.97. The topological polar surface area (TPSA) is 82.1 Å². The summed E-state index contributed by atoms with van der Waals surface area (Å²) >= 11 is 1.63. The number of benzene rings is 2. The SMILES string of the molecule is OC(CNc1ccnc(Nc2ccc3c(c2)SNC3)n1)c1ccccc1. The molecule has 132 valence electrons. The Labute approximate surface area is 156 Å². The van der Waals surface area contributed by atoms with Crippen molar-refractivity contribution in [3.8, 4) is 0 Å². The summed E-state index contributed by atoms with van der Waals surface area (Å²) in [7, 11) is 0. The third-order valence-electron chi connectivity index (χ3n) is 4.08. The molecular formula is C19H19N5OS. The minimum Gasteiger partial charge on any atom is -0.387 e. The van der Waals surface area contributed by atoms with Gasteiger partial charge < -0.3 is 15.7 Å². The Bertz CT molecular complexity index is 890. The van der Waals surface area contributed by atoms with Gasteiger partial charge in [-0.2, -0.15) is 4.98 Å². The van der Waals surface area contributed by atoms with Crippen LogP contribution in [0, 0.1) is 0 Å². The van der Waals surface area contributed by atoms with E-state index in [9.17, 15) is 5.11 Å². The van der Waals surface area contributed by atoms with Gasteiger partial charge in [0.15, 0.2) is 0 Å². The van der Waals surface area contributed by atoms with E-state index in [1.54, 1.807) is 24.2 Å². The molecule has 4 rings (SSSR count). The van der Waals surface area contributed by atoms with E-state index >= 15 is 0 Å². The zero-order valence-corrected chi connectivity index (χ0v) is 14.8. The summed E-state index contributed by atoms with van der Waals surface area (Å²) in [4.78, 5) is 9.94. The summed E-state index contributed by atoms with van der Waals surface area (Å²) in [6.07, 6.45) is 1.10. The first-order chi connectivity index (χ1) is 12.8. The Morgan fingerprint density at radius 3 is 2.92 bits per heavy atom. The van der Waals surface area contributed by atoms with Crippen molar-refractivity contribution in [3.05, 3.63) is 71.9 Å². The minimum absolute atomic E-state index is 0.377. The minimum atomic E-state index is -0.594. The highest BCUT2D eigenvalue weighted by Gasteiger charge is 2.12. The lowest BCUT2D eigenvalue weighted by molar-refractivity contribution is 0.191. The maximum absolute atomic E-state index is 10.2. The molecule has 0 fully saturated rings. The molecule has 1 aliphatic heterocycles. The second-order valence-corrected chi connectivity index (χ2v) is 6.88. The molecular weight excluding hydrogens is 346 g/mol. The second-order valence-electron chi connectivity index (χ2n) is 5.94. The quantitative estimate of drug-likeness (QED) is 0.498. The lowest BCUT2D eigenvalue weighted by atomic mass is 10.1. The van der Waals surface area contributed by atoms with Gasteiger partial charge in [-0.25, -0.2) is 4.98 Å². The number of aliphatic hydroxyl groups is 1. The van der Waals surface area contributed by atoms with E-state index < -0.39 is 6.10 Å². The monoisotopic (exact) mass is 365 g/mol. The van der Waals surface area contributed by atoms with Crippen molar-refractivity contribution in [1.29, 1.82) is 0 Å². The van der Waals surface area contributed by atoms with Crippen molar-refractivity contribution in [2.24, 2.45) is 0 Å². The predicted molar refractivity (Wildman–Crippen MR) is 104 cm³/mol. The van der Waals surface area contributed by atoms with Crippen molar-refractivity contribution in [2.45, 2.75) is 17.5 Å². The fourth-order valence-electron chi connectivity index (χ4n) is 2.71. The zero-order chi connectivity index (χ0) is 17.8. The van der Waals surface area contributed by atoms with Gasteiger partial charge in [0.1, 0.15) is 5.82 Å². The van der Waals surface area contributed by atoms with E-state index in [0.29, 0.717) is 18.3 Å². The summed E-state index contributed by atoms with van der Waals surface area (Å²) < 4.78 is 3.25. The Kier molecular flexibility index (Phi) is 5.01. The van der Waals surface area contributed by atoms with Crippen LogP contribution in [0.1, 0.15) is 17.2 Å². The van der Waals surface area contributed by atoms with Crippen molar-refractivity contribution in [2.75, 3.05) is 17.2 Å². The van der Waals surface area contributed by atoms with Gasteiger partial charge in [-0.05, 0) is 41.3 Å². The van der Waals surface area contributed by atoms with Gasteiger partial charge >= 0.3 is 0 Å². The molecule has 26 heavy (non-hydrogen) atoms. The number of aliphatic hydroxyl groups excluding tert-OH is 1. The highest BCUT2D eigenvalue weighted by molar-refractivity contribution is 7.97. The fourth-order valence-corrected chi connectivity index (χ4v) is 3.55. The van der Waals surface area contributed by atoms with Gasteiger partial charge in [0, 0.05) is 29.9 Å². The van der Waals surface area contributed by atoms with E-state index in [4.69, 9.17) is 0 Å². The average Bonchev–Trinajstić information content (AvgIpc) is 3.15. The molecule has 2 heterocycles. The number of nitrogens with one attached hydrogen (secondary N) is 3. The van der Waals surface area contributed by atoms with Crippen molar-refractivity contribution < 1.29 is 5.11 Å². The number of nitrogens with zero attached hydrogens (tertiary/aromatic N) is 2. The van der Waals surface area contributed by atoms with Crippen LogP contribution in [0.3, 0.4) is 0 Å². The van der Waals surface area contributed by atoms with Gasteiger partial charge in [0.2, 0.25) is 5.95 Å². The van der Waals surface area contributed by atoms with Crippen LogP contribution in [-0.4, -0.2) is 21.6 Å². The van der Waals surface area contributed by atoms with Crippen molar-refractivity contribution in [3.63, 3.8) is 0 Å². The molecule has 1 aliphatic rings. The first kappa shape index (κ1) is 16.8. The molecule has 3 aromatic rings. The molecule has 1 atom stereocenters. The predicted octanol–water partition coefficient (Wildman–Crippen LogP) is 3.48. The maximum Gasteiger partial charge on any atom is 0.229 e. The number of anilines is 3. The van der Waals surface area contributed by atoms with E-state index in [0.717, 1.165) is 17.8 Å². The Morgan fingerprint density at radius 1 is 1.15 bits per heavy atom. The highest BCUT2D eigenvalue weighted by atomic mass is 32.2. The summed E-state index contributed by atoms with van der Waals surface area (Å²) in [5.74, 6) is 1.18. The zero-order valence-electron chi connectivity index (χ0n) is 14.0. The average molecular weight is 365 g/mol. The highest BCUT2D eigenvalue weighted by Crippen LogP contribution is 2.30. The van der Waals surface area contributed by atoms with Crippen LogP contribution in [0.15, 0.2) is 65.7 Å². The molecule has 0 radical (unpaired) electrons. The molecule has 6 nitrogen and oxygen atoms in total. The molecule has 0 saturated carbocycles. The summed E-state index contributed by atoms with van der Waals surface area (Å²) in [5, 5.41) is 16.6. The smallest absolute Gasteiger partial charge is 0.229 e. The molecule has 4 N–H and O–H groups in total. The normalized spacial score (nSPS) is 13.9. The Hall–Kier alpha value is -2.61. The van der Waals surface area contributed by atoms with Crippen LogP contribution in [0.2, 0.25) is 0 Å². The van der Waals surface area contributed by atoms with E-state index in [-0.39, 0.29) is 0 Å². The molecule has 2 aromatic carbocycles. The number of hydrogen-bond donors (Lipinski definition) is 4. The summed E-state index contributed by atoms with van der Waals surface area (Å²) in [5.41, 5.74) is 3.12. The van der Waals surface area contributed by atoms with Crippen LogP contribution >= 0.6 is 11.9 Å². The lowest BCUT2D eigenvalue weighted by Gasteiger charge is -2.13.